The minimum Gasteiger partial charge on any atom is -0.381 e. The molecule has 1 aliphatic heterocycles. The van der Waals surface area contributed by atoms with Crippen molar-refractivity contribution in [1.29, 1.82) is 0 Å². The van der Waals surface area contributed by atoms with Crippen molar-refractivity contribution >= 4 is 11.7 Å². The standard InChI is InChI=1S/C15H25NO3/c1-11(17)12-3-5-13(6-4-12)15(18)16-9-7-14(19-2)8-10-16/h12-14H,3-10H2,1-2H3. The van der Waals surface area contributed by atoms with Crippen LogP contribution >= 0.6 is 0 Å². The van der Waals surface area contributed by atoms with Gasteiger partial charge in [0.15, 0.2) is 0 Å². The molecule has 1 amide bonds. The number of hydrogen-bond acceptors (Lipinski definition) is 3. The van der Waals surface area contributed by atoms with Crippen molar-refractivity contribution in [1.82, 2.24) is 4.90 Å². The SMILES string of the molecule is COC1CCN(C(=O)C2CCC(C(C)=O)CC2)CC1. The third kappa shape index (κ3) is 3.56. The van der Waals surface area contributed by atoms with Crippen molar-refractivity contribution < 1.29 is 14.3 Å². The maximum absolute atomic E-state index is 12.4. The van der Waals surface area contributed by atoms with Crippen LogP contribution in [-0.2, 0) is 14.3 Å². The first-order chi connectivity index (χ1) is 9.11. The van der Waals surface area contributed by atoms with E-state index < -0.39 is 0 Å². The van der Waals surface area contributed by atoms with Gasteiger partial charge >= 0.3 is 0 Å². The van der Waals surface area contributed by atoms with E-state index in [9.17, 15) is 9.59 Å². The number of Topliss-reactive ketones (excluding diaryl/α,β-unsaturated/α-hetero) is 1. The van der Waals surface area contributed by atoms with Gasteiger partial charge in [-0.3, -0.25) is 9.59 Å². The van der Waals surface area contributed by atoms with Crippen LogP contribution in [0.2, 0.25) is 0 Å². The lowest BCUT2D eigenvalue weighted by Crippen LogP contribution is -2.44. The van der Waals surface area contributed by atoms with Gasteiger partial charge in [-0.25, -0.2) is 0 Å². The molecule has 0 bridgehead atoms. The molecule has 2 rings (SSSR count). The van der Waals surface area contributed by atoms with Gasteiger partial charge in [-0.2, -0.15) is 0 Å². The summed E-state index contributed by atoms with van der Waals surface area (Å²) in [6.07, 6.45) is 5.76. The van der Waals surface area contributed by atoms with E-state index >= 15 is 0 Å². The summed E-state index contributed by atoms with van der Waals surface area (Å²) in [5.74, 6) is 0.932. The molecule has 4 heteroatoms. The van der Waals surface area contributed by atoms with E-state index in [2.05, 4.69) is 0 Å². The fourth-order valence-electron chi connectivity index (χ4n) is 3.32. The number of carbonyl (C=O) groups is 2. The Morgan fingerprint density at radius 1 is 0.947 bits per heavy atom. The number of likely N-dealkylation sites (tertiary alicyclic amines) is 1. The van der Waals surface area contributed by atoms with Crippen LogP contribution in [0.25, 0.3) is 0 Å². The van der Waals surface area contributed by atoms with Gasteiger partial charge in [0.1, 0.15) is 5.78 Å². The Hall–Kier alpha value is -0.900. The first kappa shape index (κ1) is 14.5. The molecule has 108 valence electrons. The van der Waals surface area contributed by atoms with Crippen LogP contribution in [-0.4, -0.2) is 42.9 Å². The Kier molecular flexibility index (Phi) is 4.97. The van der Waals surface area contributed by atoms with Gasteiger partial charge in [0, 0.05) is 32.0 Å². The highest BCUT2D eigenvalue weighted by Crippen LogP contribution is 2.31. The van der Waals surface area contributed by atoms with Crippen molar-refractivity contribution in [3.63, 3.8) is 0 Å². The second-order valence-electron chi connectivity index (χ2n) is 5.92. The number of carbonyl (C=O) groups excluding carboxylic acids is 2. The molecule has 19 heavy (non-hydrogen) atoms. The third-order valence-corrected chi connectivity index (χ3v) is 4.74. The summed E-state index contributed by atoms with van der Waals surface area (Å²) in [6.45, 7) is 3.32. The van der Waals surface area contributed by atoms with Crippen molar-refractivity contribution in [2.75, 3.05) is 20.2 Å². The fourth-order valence-corrected chi connectivity index (χ4v) is 3.32. The zero-order valence-electron chi connectivity index (χ0n) is 12.1. The first-order valence-electron chi connectivity index (χ1n) is 7.44. The molecule has 2 fully saturated rings. The van der Waals surface area contributed by atoms with E-state index in [1.165, 1.54) is 0 Å². The number of amides is 1. The van der Waals surface area contributed by atoms with Gasteiger partial charge in [-0.15, -0.1) is 0 Å². The van der Waals surface area contributed by atoms with E-state index in [1.54, 1.807) is 14.0 Å². The quantitative estimate of drug-likeness (QED) is 0.786. The van der Waals surface area contributed by atoms with Crippen LogP contribution in [0.5, 0.6) is 0 Å². The average molecular weight is 267 g/mol. The maximum Gasteiger partial charge on any atom is 0.225 e. The van der Waals surface area contributed by atoms with Crippen LogP contribution in [0.1, 0.15) is 45.4 Å². The van der Waals surface area contributed by atoms with Crippen LogP contribution in [0.4, 0.5) is 0 Å². The van der Waals surface area contributed by atoms with Crippen LogP contribution < -0.4 is 0 Å². The predicted octanol–water partition coefficient (Wildman–Crippen LogP) is 2.02. The van der Waals surface area contributed by atoms with Gasteiger partial charge in [0.2, 0.25) is 5.91 Å². The second kappa shape index (κ2) is 6.51. The number of ketones is 1. The molecule has 0 radical (unpaired) electrons. The maximum atomic E-state index is 12.4. The van der Waals surface area contributed by atoms with Gasteiger partial charge < -0.3 is 9.64 Å². The lowest BCUT2D eigenvalue weighted by molar-refractivity contribution is -0.140. The molecule has 0 aromatic carbocycles. The molecule has 1 aliphatic carbocycles. The van der Waals surface area contributed by atoms with E-state index in [4.69, 9.17) is 4.74 Å². The lowest BCUT2D eigenvalue weighted by Gasteiger charge is -2.35. The summed E-state index contributed by atoms with van der Waals surface area (Å²) in [4.78, 5) is 25.8. The van der Waals surface area contributed by atoms with Crippen LogP contribution in [0.3, 0.4) is 0 Å². The number of ether oxygens (including phenoxy) is 1. The zero-order valence-corrected chi connectivity index (χ0v) is 12.1. The minimum absolute atomic E-state index is 0.148. The van der Waals surface area contributed by atoms with Crippen LogP contribution in [0, 0.1) is 11.8 Å². The highest BCUT2D eigenvalue weighted by molar-refractivity contribution is 5.81. The van der Waals surface area contributed by atoms with Gasteiger partial charge in [0.05, 0.1) is 6.10 Å². The second-order valence-corrected chi connectivity index (χ2v) is 5.92. The highest BCUT2D eigenvalue weighted by Gasteiger charge is 2.32. The summed E-state index contributed by atoms with van der Waals surface area (Å²) in [6, 6.07) is 0. The zero-order chi connectivity index (χ0) is 13.8. The highest BCUT2D eigenvalue weighted by atomic mass is 16.5. The van der Waals surface area contributed by atoms with Gasteiger partial charge in [0.25, 0.3) is 0 Å². The average Bonchev–Trinajstić information content (AvgIpc) is 2.46. The van der Waals surface area contributed by atoms with Crippen molar-refractivity contribution in [2.45, 2.75) is 51.6 Å². The topological polar surface area (TPSA) is 46.6 Å². The molecule has 1 saturated carbocycles. The summed E-state index contributed by atoms with van der Waals surface area (Å²) in [5.41, 5.74) is 0. The Labute approximate surface area is 115 Å². The van der Waals surface area contributed by atoms with Crippen molar-refractivity contribution in [3.05, 3.63) is 0 Å². The Morgan fingerprint density at radius 2 is 1.47 bits per heavy atom. The van der Waals surface area contributed by atoms with E-state index in [-0.39, 0.29) is 17.6 Å². The molecule has 0 unspecified atom stereocenters. The van der Waals surface area contributed by atoms with Crippen molar-refractivity contribution in [2.24, 2.45) is 11.8 Å². The summed E-state index contributed by atoms with van der Waals surface area (Å²) >= 11 is 0. The number of hydrogen-bond donors (Lipinski definition) is 0. The minimum atomic E-state index is 0.148. The number of nitrogens with zero attached hydrogens (tertiary/aromatic N) is 1. The van der Waals surface area contributed by atoms with E-state index in [0.717, 1.165) is 51.6 Å². The van der Waals surface area contributed by atoms with Crippen LogP contribution in [0.15, 0.2) is 0 Å². The number of piperidine rings is 1. The van der Waals surface area contributed by atoms with Crippen molar-refractivity contribution in [3.8, 4) is 0 Å². The van der Waals surface area contributed by atoms with Gasteiger partial charge in [-0.05, 0) is 45.4 Å². The van der Waals surface area contributed by atoms with Gasteiger partial charge in [-0.1, -0.05) is 0 Å². The smallest absolute Gasteiger partial charge is 0.225 e. The predicted molar refractivity (Wildman–Crippen MR) is 72.7 cm³/mol. The Bertz CT molecular complexity index is 326. The molecule has 2 aliphatic rings. The normalized spacial score (nSPS) is 29.3. The number of methoxy groups -OCH3 is 1. The first-order valence-corrected chi connectivity index (χ1v) is 7.44. The molecule has 1 heterocycles. The summed E-state index contributed by atoms with van der Waals surface area (Å²) in [7, 11) is 1.74. The molecular formula is C15H25NO3. The Morgan fingerprint density at radius 3 is 1.95 bits per heavy atom. The fraction of sp³-hybridized carbons (Fsp3) is 0.867. The molecule has 0 aromatic rings. The molecule has 0 N–H and O–H groups in total. The number of rotatable bonds is 3. The Balaban J connectivity index is 1.80. The van der Waals surface area contributed by atoms with E-state index in [0.29, 0.717) is 12.0 Å². The molecule has 0 spiro atoms. The molecule has 0 aromatic heterocycles. The summed E-state index contributed by atoms with van der Waals surface area (Å²) in [5, 5.41) is 0. The summed E-state index contributed by atoms with van der Waals surface area (Å²) < 4.78 is 5.33. The van der Waals surface area contributed by atoms with E-state index in [1.807, 2.05) is 4.90 Å². The lowest BCUT2D eigenvalue weighted by atomic mass is 9.79. The molecule has 0 atom stereocenters. The molecular weight excluding hydrogens is 242 g/mol. The monoisotopic (exact) mass is 267 g/mol. The molecule has 1 saturated heterocycles. The third-order valence-electron chi connectivity index (χ3n) is 4.74. The largest absolute Gasteiger partial charge is 0.381 e. The molecule has 4 nitrogen and oxygen atoms in total.